The molecule has 0 aromatic heterocycles. The normalized spacial score (nSPS) is 14.9. The summed E-state index contributed by atoms with van der Waals surface area (Å²) in [7, 11) is 0. The van der Waals surface area contributed by atoms with Crippen LogP contribution in [0.4, 0.5) is 0 Å². The first kappa shape index (κ1) is 23.2. The number of nitrogens with one attached hydrogen (secondary N) is 2. The fourth-order valence-electron chi connectivity index (χ4n) is 1.81. The van der Waals surface area contributed by atoms with Crippen molar-refractivity contribution < 1.29 is 19.5 Å². The summed E-state index contributed by atoms with van der Waals surface area (Å²) in [4.78, 5) is 33.8. The van der Waals surface area contributed by atoms with Crippen LogP contribution in [0, 0.1) is 0 Å². The van der Waals surface area contributed by atoms with E-state index in [4.69, 9.17) is 5.73 Å². The van der Waals surface area contributed by atoms with E-state index in [9.17, 15) is 19.5 Å². The maximum atomic E-state index is 11.4. The van der Waals surface area contributed by atoms with Crippen molar-refractivity contribution in [2.45, 2.75) is 51.9 Å². The molecule has 0 aromatic rings. The molecule has 5 N–H and O–H groups in total. The highest BCUT2D eigenvalue weighted by Gasteiger charge is 2.18. The molecule has 0 aliphatic heterocycles. The average molecular weight is 380 g/mol. The summed E-state index contributed by atoms with van der Waals surface area (Å²) in [5.41, 5.74) is 5.34. The molecule has 0 aliphatic rings. The smallest absolute Gasteiger partial charge is 0.235 e. The molecular weight excluding hydrogens is 350 g/mol. The summed E-state index contributed by atoms with van der Waals surface area (Å²) < 4.78 is 0. The highest BCUT2D eigenvalue weighted by Crippen LogP contribution is 2.12. The molecule has 0 aromatic carbocycles. The number of primary amides is 1. The summed E-state index contributed by atoms with van der Waals surface area (Å²) in [5, 5.41) is 15.6. The number of hydrogen-bond acceptors (Lipinski definition) is 7. The average Bonchev–Trinajstić information content (AvgIpc) is 2.44. The number of aliphatic hydroxyl groups excluding tert-OH is 1. The minimum absolute atomic E-state index is 0.106. The Balaban J connectivity index is 4.04. The second-order valence-corrected chi connectivity index (χ2v) is 8.02. The lowest BCUT2D eigenvalue weighted by atomic mass is 10.2. The van der Waals surface area contributed by atoms with Crippen LogP contribution in [0.25, 0.3) is 0 Å². The summed E-state index contributed by atoms with van der Waals surface area (Å²) in [5.74, 6) is 1.09. The molecular formula is C15H29N3O4S2. The SMILES string of the molecule is CC(=O)NC(CSC[C@@H](O)CSCC(NC(C)C)C(N)=O)C(C)=O. The number of thioether (sulfide) groups is 2. The van der Waals surface area contributed by atoms with Crippen LogP contribution in [0.3, 0.4) is 0 Å². The number of Topliss-reactive ketones (excluding diaryl/α,β-unsaturated/α-hetero) is 1. The highest BCUT2D eigenvalue weighted by molar-refractivity contribution is 8.00. The van der Waals surface area contributed by atoms with Crippen LogP contribution in [0.5, 0.6) is 0 Å². The number of ketones is 1. The molecule has 24 heavy (non-hydrogen) atoms. The van der Waals surface area contributed by atoms with E-state index in [0.717, 1.165) is 0 Å². The van der Waals surface area contributed by atoms with Crippen LogP contribution in [0.1, 0.15) is 27.7 Å². The molecule has 140 valence electrons. The van der Waals surface area contributed by atoms with Crippen LogP contribution < -0.4 is 16.4 Å². The molecule has 7 nitrogen and oxygen atoms in total. The van der Waals surface area contributed by atoms with Crippen LogP contribution in [-0.2, 0) is 14.4 Å². The van der Waals surface area contributed by atoms with Gasteiger partial charge in [0, 0.05) is 36.0 Å². The number of hydrogen-bond donors (Lipinski definition) is 4. The molecule has 9 heteroatoms. The van der Waals surface area contributed by atoms with Gasteiger partial charge in [0.25, 0.3) is 0 Å². The number of nitrogens with two attached hydrogens (primary N) is 1. The molecule has 0 bridgehead atoms. The van der Waals surface area contributed by atoms with Crippen molar-refractivity contribution in [2.24, 2.45) is 5.73 Å². The van der Waals surface area contributed by atoms with Crippen LogP contribution in [-0.4, -0.2) is 69.9 Å². The van der Waals surface area contributed by atoms with E-state index in [1.165, 1.54) is 37.4 Å². The van der Waals surface area contributed by atoms with Gasteiger partial charge in [-0.05, 0) is 6.92 Å². The number of amides is 2. The molecule has 2 unspecified atom stereocenters. The van der Waals surface area contributed by atoms with Crippen molar-refractivity contribution in [1.82, 2.24) is 10.6 Å². The van der Waals surface area contributed by atoms with Crippen LogP contribution in [0.2, 0.25) is 0 Å². The van der Waals surface area contributed by atoms with Gasteiger partial charge in [-0.2, -0.15) is 23.5 Å². The quantitative estimate of drug-likeness (QED) is 0.348. The maximum absolute atomic E-state index is 11.4. The Kier molecular flexibility index (Phi) is 12.2. The van der Waals surface area contributed by atoms with E-state index in [1.807, 2.05) is 13.8 Å². The number of carbonyl (C=O) groups excluding carboxylic acids is 3. The highest BCUT2D eigenvalue weighted by atomic mass is 32.2. The Morgan fingerprint density at radius 2 is 1.50 bits per heavy atom. The van der Waals surface area contributed by atoms with Gasteiger partial charge >= 0.3 is 0 Å². The van der Waals surface area contributed by atoms with Gasteiger partial charge in [0.15, 0.2) is 5.78 Å². The lowest BCUT2D eigenvalue weighted by Gasteiger charge is -2.19. The Labute approximate surface area is 152 Å². The minimum Gasteiger partial charge on any atom is -0.391 e. The second kappa shape index (κ2) is 12.6. The van der Waals surface area contributed by atoms with Gasteiger partial charge in [-0.1, -0.05) is 13.8 Å². The van der Waals surface area contributed by atoms with Gasteiger partial charge in [0.05, 0.1) is 18.2 Å². The molecule has 3 atom stereocenters. The van der Waals surface area contributed by atoms with Crippen molar-refractivity contribution in [3.05, 3.63) is 0 Å². The Hall–Kier alpha value is -0.770. The third-order valence-corrected chi connectivity index (χ3v) is 5.31. The van der Waals surface area contributed by atoms with Crippen molar-refractivity contribution in [3.63, 3.8) is 0 Å². The lowest BCUT2D eigenvalue weighted by Crippen LogP contribution is -2.46. The van der Waals surface area contributed by atoms with E-state index in [2.05, 4.69) is 10.6 Å². The first-order valence-corrected chi connectivity index (χ1v) is 10.1. The summed E-state index contributed by atoms with van der Waals surface area (Å²) in [6.45, 7) is 6.67. The molecule has 0 heterocycles. The topological polar surface area (TPSA) is 122 Å². The summed E-state index contributed by atoms with van der Waals surface area (Å²) in [6, 6.07) is -0.792. The maximum Gasteiger partial charge on any atom is 0.235 e. The van der Waals surface area contributed by atoms with Crippen molar-refractivity contribution in [1.29, 1.82) is 0 Å². The fourth-order valence-corrected chi connectivity index (χ4v) is 4.06. The van der Waals surface area contributed by atoms with E-state index >= 15 is 0 Å². The van der Waals surface area contributed by atoms with E-state index in [0.29, 0.717) is 23.0 Å². The predicted molar refractivity (Wildman–Crippen MR) is 100 cm³/mol. The number of rotatable bonds is 13. The Morgan fingerprint density at radius 1 is 1.00 bits per heavy atom. The van der Waals surface area contributed by atoms with E-state index in [1.54, 1.807) is 0 Å². The summed E-state index contributed by atoms with van der Waals surface area (Å²) >= 11 is 2.86. The Morgan fingerprint density at radius 3 is 1.88 bits per heavy atom. The standard InChI is InChI=1S/C15H29N3O4S2/c1-9(2)17-14(15(16)22)8-24-6-12(21)5-23-7-13(10(3)19)18-11(4)20/h9,12-14,17,21H,5-8H2,1-4H3,(H2,16,22)(H,18,20)/t12-,13?,14?/m1/s1. The monoisotopic (exact) mass is 379 g/mol. The first-order valence-electron chi connectivity index (χ1n) is 7.80. The van der Waals surface area contributed by atoms with E-state index in [-0.39, 0.29) is 17.7 Å². The Bertz CT molecular complexity index is 422. The second-order valence-electron chi connectivity index (χ2n) is 5.87. The van der Waals surface area contributed by atoms with Crippen molar-refractivity contribution in [3.8, 4) is 0 Å². The minimum atomic E-state index is -0.558. The van der Waals surface area contributed by atoms with E-state index < -0.39 is 24.1 Å². The van der Waals surface area contributed by atoms with Gasteiger partial charge in [-0.15, -0.1) is 0 Å². The van der Waals surface area contributed by atoms with Gasteiger partial charge < -0.3 is 21.5 Å². The van der Waals surface area contributed by atoms with Crippen LogP contribution in [0.15, 0.2) is 0 Å². The predicted octanol–water partition coefficient (Wildman–Crippen LogP) is -0.241. The third-order valence-electron chi connectivity index (χ3n) is 2.94. The van der Waals surface area contributed by atoms with Gasteiger partial charge in [-0.25, -0.2) is 0 Å². The zero-order valence-electron chi connectivity index (χ0n) is 14.7. The zero-order chi connectivity index (χ0) is 18.7. The number of aliphatic hydroxyl groups is 1. The largest absolute Gasteiger partial charge is 0.391 e. The molecule has 2 amide bonds. The molecule has 0 aliphatic carbocycles. The van der Waals surface area contributed by atoms with Gasteiger partial charge in [-0.3, -0.25) is 14.4 Å². The molecule has 0 saturated heterocycles. The molecule has 0 saturated carbocycles. The summed E-state index contributed by atoms with van der Waals surface area (Å²) in [6.07, 6.45) is -0.558. The fraction of sp³-hybridized carbons (Fsp3) is 0.800. The first-order chi connectivity index (χ1) is 11.1. The lowest BCUT2D eigenvalue weighted by molar-refractivity contribution is -0.125. The van der Waals surface area contributed by atoms with Crippen molar-refractivity contribution in [2.75, 3.05) is 23.0 Å². The molecule has 0 radical (unpaired) electrons. The molecule has 0 spiro atoms. The van der Waals surface area contributed by atoms with Crippen LogP contribution >= 0.6 is 23.5 Å². The third kappa shape index (κ3) is 11.7. The molecule has 0 fully saturated rings. The van der Waals surface area contributed by atoms with Gasteiger partial charge in [0.2, 0.25) is 11.8 Å². The van der Waals surface area contributed by atoms with Crippen molar-refractivity contribution >= 4 is 41.1 Å². The molecule has 0 rings (SSSR count). The zero-order valence-corrected chi connectivity index (χ0v) is 16.3. The number of carbonyl (C=O) groups is 3. The van der Waals surface area contributed by atoms with Gasteiger partial charge in [0.1, 0.15) is 0 Å².